The number of nitrogens with zero attached hydrogens (tertiary/aromatic N) is 3. The van der Waals surface area contributed by atoms with Crippen molar-refractivity contribution in [1.82, 2.24) is 25.3 Å². The molecule has 1 atom stereocenters. The van der Waals surface area contributed by atoms with E-state index in [0.29, 0.717) is 18.8 Å². The molecule has 2 heterocycles. The zero-order valence-electron chi connectivity index (χ0n) is 20.1. The number of hydrogen-bond acceptors (Lipinski definition) is 5. The summed E-state index contributed by atoms with van der Waals surface area (Å²) < 4.78 is 1.52. The van der Waals surface area contributed by atoms with Crippen molar-refractivity contribution in [2.45, 2.75) is 75.5 Å². The number of amides is 3. The van der Waals surface area contributed by atoms with Gasteiger partial charge >= 0.3 is 0 Å². The highest BCUT2D eigenvalue weighted by Crippen LogP contribution is 2.29. The van der Waals surface area contributed by atoms with Crippen molar-refractivity contribution in [2.75, 3.05) is 12.8 Å². The van der Waals surface area contributed by atoms with Gasteiger partial charge in [-0.15, -0.1) is 11.8 Å². The second-order valence-electron chi connectivity index (χ2n) is 9.29. The molecule has 1 saturated carbocycles. The van der Waals surface area contributed by atoms with Crippen molar-refractivity contribution in [1.29, 1.82) is 0 Å². The summed E-state index contributed by atoms with van der Waals surface area (Å²) in [6, 6.07) is 9.68. The van der Waals surface area contributed by atoms with Gasteiger partial charge in [0.05, 0.1) is 6.54 Å². The zero-order valence-corrected chi connectivity index (χ0v) is 20.9. The van der Waals surface area contributed by atoms with Gasteiger partial charge in [-0.2, -0.15) is 5.10 Å². The van der Waals surface area contributed by atoms with Crippen LogP contribution in [0.1, 0.15) is 72.5 Å². The van der Waals surface area contributed by atoms with E-state index in [2.05, 4.69) is 15.7 Å². The van der Waals surface area contributed by atoms with Crippen LogP contribution in [0, 0.1) is 0 Å². The number of hydrogen-bond donors (Lipinski definition) is 2. The van der Waals surface area contributed by atoms with Crippen LogP contribution in [0.4, 0.5) is 0 Å². The fourth-order valence-electron chi connectivity index (χ4n) is 4.75. The minimum atomic E-state index is -1.05. The number of thioether (sulfide) groups is 1. The summed E-state index contributed by atoms with van der Waals surface area (Å²) in [6.45, 7) is 4.84. The van der Waals surface area contributed by atoms with E-state index in [1.54, 1.807) is 23.6 Å². The Morgan fingerprint density at radius 3 is 2.56 bits per heavy atom. The van der Waals surface area contributed by atoms with Crippen LogP contribution in [-0.4, -0.2) is 56.8 Å². The van der Waals surface area contributed by atoms with Crippen molar-refractivity contribution in [2.24, 2.45) is 0 Å². The molecule has 2 aromatic rings. The van der Waals surface area contributed by atoms with Gasteiger partial charge < -0.3 is 15.5 Å². The van der Waals surface area contributed by atoms with Gasteiger partial charge in [-0.05, 0) is 50.1 Å². The molecule has 0 unspecified atom stereocenters. The predicted octanol–water partition coefficient (Wildman–Crippen LogP) is 3.22. The first-order valence-electron chi connectivity index (χ1n) is 12.0. The monoisotopic (exact) mass is 483 g/mol. The van der Waals surface area contributed by atoms with Crippen molar-refractivity contribution in [3.05, 3.63) is 47.3 Å². The van der Waals surface area contributed by atoms with Crippen LogP contribution in [0.5, 0.6) is 0 Å². The molecule has 8 nitrogen and oxygen atoms in total. The van der Waals surface area contributed by atoms with E-state index >= 15 is 0 Å². The highest BCUT2D eigenvalue weighted by Gasteiger charge is 2.48. The lowest BCUT2D eigenvalue weighted by atomic mass is 9.94. The highest BCUT2D eigenvalue weighted by molar-refractivity contribution is 7.98. The Kier molecular flexibility index (Phi) is 7.30. The minimum absolute atomic E-state index is 0.151. The summed E-state index contributed by atoms with van der Waals surface area (Å²) in [5.74, 6) is -0.763. The normalized spacial score (nSPS) is 20.3. The lowest BCUT2D eigenvalue weighted by molar-refractivity contribution is -0.133. The molecule has 2 N–H and O–H groups in total. The molecule has 34 heavy (non-hydrogen) atoms. The third-order valence-electron chi connectivity index (χ3n) is 6.77. The Bertz CT molecular complexity index is 1060. The SMILES string of the molecule is CCCN1C(=O)c2cc(C(=O)NCc3ccc(SC)cc3)nn2C[C@]1(C)C(=O)NC1CCCC1. The number of carbonyl (C=O) groups is 3. The molecular weight excluding hydrogens is 450 g/mol. The first-order chi connectivity index (χ1) is 16.4. The van der Waals surface area contributed by atoms with Crippen LogP contribution in [0.3, 0.4) is 0 Å². The number of fused-ring (bicyclic) bond motifs is 1. The first kappa shape index (κ1) is 24.3. The molecular formula is C25H33N5O3S. The fraction of sp³-hybridized carbons (Fsp3) is 0.520. The number of aromatic nitrogens is 2. The molecule has 4 rings (SSSR count). The maximum absolute atomic E-state index is 13.4. The van der Waals surface area contributed by atoms with Gasteiger partial charge in [0, 0.05) is 30.1 Å². The van der Waals surface area contributed by atoms with Crippen LogP contribution in [0.15, 0.2) is 35.2 Å². The molecule has 0 saturated heterocycles. The Balaban J connectivity index is 1.51. The number of nitrogens with one attached hydrogen (secondary N) is 2. The lowest BCUT2D eigenvalue weighted by Crippen LogP contribution is -2.65. The molecule has 0 bridgehead atoms. The second-order valence-corrected chi connectivity index (χ2v) is 10.2. The molecule has 1 aromatic heterocycles. The van der Waals surface area contributed by atoms with Crippen LogP contribution in [0.25, 0.3) is 0 Å². The van der Waals surface area contributed by atoms with Crippen LogP contribution < -0.4 is 10.6 Å². The van der Waals surface area contributed by atoms with E-state index in [1.165, 1.54) is 10.7 Å². The van der Waals surface area contributed by atoms with Crippen molar-refractivity contribution >= 4 is 29.5 Å². The second kappa shape index (κ2) is 10.2. The van der Waals surface area contributed by atoms with Gasteiger partial charge in [-0.25, -0.2) is 0 Å². The quantitative estimate of drug-likeness (QED) is 0.562. The predicted molar refractivity (Wildman–Crippen MR) is 132 cm³/mol. The molecule has 3 amide bonds. The van der Waals surface area contributed by atoms with E-state index in [1.807, 2.05) is 37.4 Å². The summed E-state index contributed by atoms with van der Waals surface area (Å²) in [6.07, 6.45) is 6.92. The summed E-state index contributed by atoms with van der Waals surface area (Å²) in [5, 5.41) is 10.4. The average Bonchev–Trinajstić information content (AvgIpc) is 3.50. The Morgan fingerprint density at radius 2 is 1.91 bits per heavy atom. The Labute approximate surface area is 204 Å². The van der Waals surface area contributed by atoms with Crippen LogP contribution in [0.2, 0.25) is 0 Å². The van der Waals surface area contributed by atoms with Gasteiger partial charge in [0.2, 0.25) is 5.91 Å². The molecule has 1 aliphatic heterocycles. The number of benzene rings is 1. The van der Waals surface area contributed by atoms with E-state index in [0.717, 1.165) is 42.6 Å². The summed E-state index contributed by atoms with van der Waals surface area (Å²) >= 11 is 1.66. The molecule has 2 aliphatic rings. The smallest absolute Gasteiger partial charge is 0.273 e. The van der Waals surface area contributed by atoms with Crippen LogP contribution in [-0.2, 0) is 17.9 Å². The lowest BCUT2D eigenvalue weighted by Gasteiger charge is -2.43. The van der Waals surface area contributed by atoms with Crippen LogP contribution >= 0.6 is 11.8 Å². The third kappa shape index (κ3) is 4.85. The van der Waals surface area contributed by atoms with Gasteiger partial charge in [0.25, 0.3) is 11.8 Å². The minimum Gasteiger partial charge on any atom is -0.351 e. The maximum atomic E-state index is 13.4. The largest absolute Gasteiger partial charge is 0.351 e. The standard InChI is InChI=1S/C25H33N5O3S/c1-4-13-29-23(32)21-14-20(22(31)26-15-17-9-11-19(34-3)12-10-17)28-30(21)16-25(29,2)24(33)27-18-7-5-6-8-18/h9-12,14,18H,4-8,13,15-16H2,1-3H3,(H,26,31)(H,27,33)/t25-/m1/s1. The van der Waals surface area contributed by atoms with E-state index in [9.17, 15) is 14.4 Å². The summed E-state index contributed by atoms with van der Waals surface area (Å²) in [7, 11) is 0. The van der Waals surface area contributed by atoms with Crippen molar-refractivity contribution in [3.63, 3.8) is 0 Å². The topological polar surface area (TPSA) is 96.3 Å². The van der Waals surface area contributed by atoms with Crippen molar-refractivity contribution < 1.29 is 14.4 Å². The van der Waals surface area contributed by atoms with Crippen molar-refractivity contribution in [3.8, 4) is 0 Å². The van der Waals surface area contributed by atoms with Gasteiger partial charge in [-0.3, -0.25) is 19.1 Å². The molecule has 0 radical (unpaired) electrons. The third-order valence-corrected chi connectivity index (χ3v) is 7.51. The molecule has 1 fully saturated rings. The highest BCUT2D eigenvalue weighted by atomic mass is 32.2. The summed E-state index contributed by atoms with van der Waals surface area (Å²) in [4.78, 5) is 42.3. The van der Waals surface area contributed by atoms with E-state index in [4.69, 9.17) is 0 Å². The van der Waals surface area contributed by atoms with Gasteiger partial charge in [0.15, 0.2) is 5.69 Å². The Hall–Kier alpha value is -2.81. The van der Waals surface area contributed by atoms with E-state index < -0.39 is 5.54 Å². The fourth-order valence-corrected chi connectivity index (χ4v) is 5.16. The Morgan fingerprint density at radius 1 is 1.21 bits per heavy atom. The zero-order chi connectivity index (χ0) is 24.3. The number of rotatable bonds is 8. The molecule has 0 spiro atoms. The molecule has 1 aliphatic carbocycles. The maximum Gasteiger partial charge on any atom is 0.273 e. The summed E-state index contributed by atoms with van der Waals surface area (Å²) in [5.41, 5.74) is 0.452. The molecule has 182 valence electrons. The molecule has 9 heteroatoms. The van der Waals surface area contributed by atoms with E-state index in [-0.39, 0.29) is 36.0 Å². The average molecular weight is 484 g/mol. The van der Waals surface area contributed by atoms with Gasteiger partial charge in [0.1, 0.15) is 11.2 Å². The van der Waals surface area contributed by atoms with Gasteiger partial charge in [-0.1, -0.05) is 31.9 Å². The number of carbonyl (C=O) groups excluding carboxylic acids is 3. The first-order valence-corrected chi connectivity index (χ1v) is 13.2. The molecule has 1 aromatic carbocycles.